The predicted octanol–water partition coefficient (Wildman–Crippen LogP) is 6.14. The number of ether oxygens (including phenoxy) is 1. The molecule has 0 radical (unpaired) electrons. The summed E-state index contributed by atoms with van der Waals surface area (Å²) in [5.41, 5.74) is 2.54. The number of halogens is 2. The maximum Gasteiger partial charge on any atom is 0.233 e. The first kappa shape index (κ1) is 24.6. The molecule has 0 bridgehead atoms. The average Bonchev–Trinajstić information content (AvgIpc) is 3.14. The van der Waals surface area contributed by atoms with Crippen LogP contribution in [-0.4, -0.2) is 33.4 Å². The SMILES string of the molecule is C=C/C=C(C(=O)c1oc2cc(-c3cccc(NS(C)(=O)=O)c3)ccc2c1OC)\C(Cl)=C/CCl. The average molecular weight is 506 g/mol. The van der Waals surface area contributed by atoms with Crippen LogP contribution in [0, 0.1) is 0 Å². The molecule has 0 aliphatic carbocycles. The van der Waals surface area contributed by atoms with Gasteiger partial charge in [0.25, 0.3) is 0 Å². The molecule has 33 heavy (non-hydrogen) atoms. The molecule has 0 amide bonds. The highest BCUT2D eigenvalue weighted by Crippen LogP contribution is 2.38. The first-order valence-electron chi connectivity index (χ1n) is 9.66. The van der Waals surface area contributed by atoms with Crippen LogP contribution < -0.4 is 9.46 Å². The van der Waals surface area contributed by atoms with Crippen LogP contribution in [0.25, 0.3) is 22.1 Å². The maximum atomic E-state index is 13.2. The minimum atomic E-state index is -3.41. The van der Waals surface area contributed by atoms with Gasteiger partial charge in [-0.15, -0.1) is 11.6 Å². The fraction of sp³-hybridized carbons (Fsp3) is 0.125. The summed E-state index contributed by atoms with van der Waals surface area (Å²) in [6, 6.07) is 12.3. The van der Waals surface area contributed by atoms with Crippen molar-refractivity contribution in [3.8, 4) is 16.9 Å². The fourth-order valence-corrected chi connectivity index (χ4v) is 4.28. The molecule has 1 heterocycles. The van der Waals surface area contributed by atoms with E-state index in [2.05, 4.69) is 11.3 Å². The van der Waals surface area contributed by atoms with Gasteiger partial charge in [0.2, 0.25) is 21.6 Å². The second-order valence-corrected chi connectivity index (χ2v) is 9.45. The quantitative estimate of drug-likeness (QED) is 0.163. The highest BCUT2D eigenvalue weighted by molar-refractivity contribution is 7.92. The number of alkyl halides is 1. The molecule has 9 heteroatoms. The van der Waals surface area contributed by atoms with Gasteiger partial charge in [-0.05, 0) is 35.4 Å². The molecule has 172 valence electrons. The number of rotatable bonds is 9. The number of methoxy groups -OCH3 is 1. The van der Waals surface area contributed by atoms with E-state index in [0.29, 0.717) is 16.7 Å². The van der Waals surface area contributed by atoms with Gasteiger partial charge in [-0.3, -0.25) is 9.52 Å². The van der Waals surface area contributed by atoms with E-state index < -0.39 is 15.8 Å². The van der Waals surface area contributed by atoms with Crippen LogP contribution in [0.5, 0.6) is 5.75 Å². The lowest BCUT2D eigenvalue weighted by molar-refractivity contribution is 0.101. The standard InChI is InChI=1S/C24H21Cl2NO5S/c1-4-6-18(20(26)11-12-25)22(28)24-23(31-2)19-10-9-16(14-21(19)32-24)15-7-5-8-17(13-15)27-33(3,29)30/h4-11,13-14,27H,1,12H2,2-3H3/b18-6+,20-11+. The number of carbonyl (C=O) groups is 1. The molecule has 0 saturated carbocycles. The number of carbonyl (C=O) groups excluding carboxylic acids is 1. The Kier molecular flexibility index (Phi) is 7.68. The largest absolute Gasteiger partial charge is 0.492 e. The van der Waals surface area contributed by atoms with Crippen LogP contribution >= 0.6 is 23.2 Å². The Morgan fingerprint density at radius 3 is 2.58 bits per heavy atom. The highest BCUT2D eigenvalue weighted by Gasteiger charge is 2.26. The first-order valence-corrected chi connectivity index (χ1v) is 12.5. The Balaban J connectivity index is 2.09. The van der Waals surface area contributed by atoms with Gasteiger partial charge in [-0.2, -0.15) is 0 Å². The van der Waals surface area contributed by atoms with E-state index in [1.54, 1.807) is 30.3 Å². The van der Waals surface area contributed by atoms with E-state index in [1.807, 2.05) is 12.1 Å². The lowest BCUT2D eigenvalue weighted by Gasteiger charge is -2.07. The minimum Gasteiger partial charge on any atom is -0.492 e. The molecule has 0 aliphatic rings. The first-order chi connectivity index (χ1) is 15.7. The molecule has 3 rings (SSSR count). The molecule has 6 nitrogen and oxygen atoms in total. The zero-order valence-corrected chi connectivity index (χ0v) is 20.2. The summed E-state index contributed by atoms with van der Waals surface area (Å²) < 4.78 is 36.9. The topological polar surface area (TPSA) is 85.6 Å². The third kappa shape index (κ3) is 5.68. The highest BCUT2D eigenvalue weighted by atomic mass is 35.5. The van der Waals surface area contributed by atoms with E-state index in [0.717, 1.165) is 17.4 Å². The van der Waals surface area contributed by atoms with Gasteiger partial charge in [-0.1, -0.05) is 54.6 Å². The van der Waals surface area contributed by atoms with Crippen LogP contribution in [0.15, 0.2) is 82.3 Å². The number of benzene rings is 2. The molecule has 0 fully saturated rings. The molecule has 1 aromatic heterocycles. The molecule has 0 spiro atoms. The van der Waals surface area contributed by atoms with Crippen molar-refractivity contribution in [2.45, 2.75) is 0 Å². The van der Waals surface area contributed by atoms with Crippen molar-refractivity contribution in [2.24, 2.45) is 0 Å². The predicted molar refractivity (Wildman–Crippen MR) is 134 cm³/mol. The number of furan rings is 1. The second-order valence-electron chi connectivity index (χ2n) is 6.98. The van der Waals surface area contributed by atoms with Crippen LogP contribution in [0.1, 0.15) is 10.6 Å². The molecule has 0 aliphatic heterocycles. The Hall–Kier alpha value is -3.00. The molecule has 1 N–H and O–H groups in total. The summed E-state index contributed by atoms with van der Waals surface area (Å²) >= 11 is 12.0. The van der Waals surface area contributed by atoms with Crippen molar-refractivity contribution < 1.29 is 22.4 Å². The van der Waals surface area contributed by atoms with Gasteiger partial charge < -0.3 is 9.15 Å². The van der Waals surface area contributed by atoms with E-state index in [4.69, 9.17) is 32.4 Å². The number of anilines is 1. The molecule has 3 aromatic rings. The van der Waals surface area contributed by atoms with Gasteiger partial charge in [0.1, 0.15) is 5.58 Å². The number of nitrogens with one attached hydrogen (secondary N) is 1. The van der Waals surface area contributed by atoms with Crippen molar-refractivity contribution in [1.29, 1.82) is 0 Å². The molecule has 0 saturated heterocycles. The third-order valence-electron chi connectivity index (χ3n) is 4.60. The zero-order valence-electron chi connectivity index (χ0n) is 17.9. The summed E-state index contributed by atoms with van der Waals surface area (Å²) in [7, 11) is -1.96. The van der Waals surface area contributed by atoms with Crippen molar-refractivity contribution in [3.63, 3.8) is 0 Å². The number of hydrogen-bond donors (Lipinski definition) is 1. The maximum absolute atomic E-state index is 13.2. The Labute approximate surface area is 202 Å². The minimum absolute atomic E-state index is 0.00799. The van der Waals surface area contributed by atoms with E-state index in [1.165, 1.54) is 25.3 Å². The monoisotopic (exact) mass is 505 g/mol. The number of hydrogen-bond acceptors (Lipinski definition) is 5. The molecule has 0 unspecified atom stereocenters. The normalized spacial score (nSPS) is 12.6. The van der Waals surface area contributed by atoms with Crippen LogP contribution in [0.4, 0.5) is 5.69 Å². The van der Waals surface area contributed by atoms with Crippen molar-refractivity contribution in [3.05, 3.63) is 83.6 Å². The van der Waals surface area contributed by atoms with Gasteiger partial charge in [0.15, 0.2) is 5.75 Å². The number of fused-ring (bicyclic) bond motifs is 1. The molecule has 0 atom stereocenters. The van der Waals surface area contributed by atoms with Crippen molar-refractivity contribution in [2.75, 3.05) is 24.0 Å². The number of ketones is 1. The summed E-state index contributed by atoms with van der Waals surface area (Å²) in [5, 5.41) is 0.777. The zero-order chi connectivity index (χ0) is 24.2. The molecular formula is C24H21Cl2NO5S. The third-order valence-corrected chi connectivity index (χ3v) is 5.72. The molecule has 2 aromatic carbocycles. The van der Waals surface area contributed by atoms with Crippen molar-refractivity contribution >= 4 is 55.7 Å². The number of allylic oxidation sites excluding steroid dienone is 5. The van der Waals surface area contributed by atoms with Crippen LogP contribution in [0.3, 0.4) is 0 Å². The molecular weight excluding hydrogens is 485 g/mol. The summed E-state index contributed by atoms with van der Waals surface area (Å²) in [4.78, 5) is 13.2. The summed E-state index contributed by atoms with van der Waals surface area (Å²) in [5.74, 6) is -0.0741. The lowest BCUT2D eigenvalue weighted by atomic mass is 10.0. The van der Waals surface area contributed by atoms with Gasteiger partial charge in [0, 0.05) is 22.2 Å². The van der Waals surface area contributed by atoms with E-state index in [-0.39, 0.29) is 28.0 Å². The van der Waals surface area contributed by atoms with Crippen LogP contribution in [0.2, 0.25) is 0 Å². The fourth-order valence-electron chi connectivity index (χ4n) is 3.26. The lowest BCUT2D eigenvalue weighted by Crippen LogP contribution is -2.09. The van der Waals surface area contributed by atoms with E-state index in [9.17, 15) is 13.2 Å². The van der Waals surface area contributed by atoms with E-state index >= 15 is 0 Å². The van der Waals surface area contributed by atoms with Gasteiger partial charge in [-0.25, -0.2) is 8.42 Å². The van der Waals surface area contributed by atoms with Crippen LogP contribution in [-0.2, 0) is 10.0 Å². The Morgan fingerprint density at radius 2 is 1.94 bits per heavy atom. The number of sulfonamides is 1. The number of Topliss-reactive ketones (excluding diaryl/α,β-unsaturated/α-hetero) is 1. The Morgan fingerprint density at radius 1 is 1.21 bits per heavy atom. The summed E-state index contributed by atoms with van der Waals surface area (Å²) in [6.07, 6.45) is 5.51. The summed E-state index contributed by atoms with van der Waals surface area (Å²) in [6.45, 7) is 3.63. The van der Waals surface area contributed by atoms with Gasteiger partial charge >= 0.3 is 0 Å². The van der Waals surface area contributed by atoms with Crippen molar-refractivity contribution in [1.82, 2.24) is 0 Å². The van der Waals surface area contributed by atoms with Gasteiger partial charge in [0.05, 0.1) is 18.8 Å². The second kappa shape index (κ2) is 10.3. The smallest absolute Gasteiger partial charge is 0.233 e. The Bertz CT molecular complexity index is 1390.